The minimum absolute atomic E-state index is 0.607. The molecule has 0 radical (unpaired) electrons. The fraction of sp³-hybridized carbons (Fsp3) is 0.625. The zero-order valence-corrected chi connectivity index (χ0v) is 12.4. The van der Waals surface area contributed by atoms with Gasteiger partial charge < -0.3 is 5.32 Å². The molecule has 2 rings (SSSR count). The van der Waals surface area contributed by atoms with Crippen molar-refractivity contribution in [3.63, 3.8) is 0 Å². The van der Waals surface area contributed by atoms with Crippen LogP contribution in [0.4, 0.5) is 5.69 Å². The van der Waals surface area contributed by atoms with E-state index in [0.717, 1.165) is 16.9 Å². The third kappa shape index (κ3) is 3.20. The Morgan fingerprint density at radius 2 is 1.94 bits per heavy atom. The van der Waals surface area contributed by atoms with Crippen LogP contribution < -0.4 is 5.32 Å². The van der Waals surface area contributed by atoms with Gasteiger partial charge in [-0.15, -0.1) is 0 Å². The Morgan fingerprint density at radius 3 is 2.67 bits per heavy atom. The molecule has 1 aliphatic rings. The van der Waals surface area contributed by atoms with Crippen LogP contribution in [0, 0.1) is 18.8 Å². The summed E-state index contributed by atoms with van der Waals surface area (Å²) >= 11 is 6.09. The van der Waals surface area contributed by atoms with Crippen LogP contribution in [0.3, 0.4) is 0 Å². The number of rotatable bonds is 3. The lowest BCUT2D eigenvalue weighted by Gasteiger charge is -2.36. The third-order valence-electron chi connectivity index (χ3n) is 4.22. The van der Waals surface area contributed by atoms with Gasteiger partial charge >= 0.3 is 0 Å². The largest absolute Gasteiger partial charge is 0.382 e. The van der Waals surface area contributed by atoms with E-state index in [9.17, 15) is 0 Å². The molecule has 1 N–H and O–H groups in total. The van der Waals surface area contributed by atoms with E-state index in [2.05, 4.69) is 38.2 Å². The molecule has 0 saturated heterocycles. The molecular formula is C16H24ClN. The first kappa shape index (κ1) is 13.7. The number of nitrogens with one attached hydrogen (secondary N) is 1. The van der Waals surface area contributed by atoms with Gasteiger partial charge in [0.15, 0.2) is 0 Å². The highest BCUT2D eigenvalue weighted by molar-refractivity contribution is 6.30. The second-order valence-corrected chi connectivity index (χ2v) is 6.34. The predicted molar refractivity (Wildman–Crippen MR) is 80.4 cm³/mol. The van der Waals surface area contributed by atoms with Crippen molar-refractivity contribution in [2.75, 3.05) is 5.32 Å². The van der Waals surface area contributed by atoms with E-state index >= 15 is 0 Å². The summed E-state index contributed by atoms with van der Waals surface area (Å²) in [5.74, 6) is 1.54. The summed E-state index contributed by atoms with van der Waals surface area (Å²) in [5, 5.41) is 4.56. The van der Waals surface area contributed by atoms with Crippen LogP contribution in [0.5, 0.6) is 0 Å². The zero-order chi connectivity index (χ0) is 13.1. The van der Waals surface area contributed by atoms with Crippen molar-refractivity contribution in [2.24, 2.45) is 11.8 Å². The highest BCUT2D eigenvalue weighted by Gasteiger charge is 2.27. The minimum Gasteiger partial charge on any atom is -0.382 e. The maximum atomic E-state index is 6.09. The monoisotopic (exact) mass is 265 g/mol. The fourth-order valence-electron chi connectivity index (χ4n) is 3.09. The van der Waals surface area contributed by atoms with E-state index in [4.69, 9.17) is 11.6 Å². The standard InChI is InChI=1S/C16H24ClN/c1-11(2)14-6-4-5-7-15(14)18-16-10-13(17)9-8-12(16)3/h8-11,14-15,18H,4-7H2,1-3H3. The maximum Gasteiger partial charge on any atom is 0.0426 e. The first-order valence-electron chi connectivity index (χ1n) is 7.10. The van der Waals surface area contributed by atoms with Crippen molar-refractivity contribution < 1.29 is 0 Å². The molecule has 1 fully saturated rings. The molecule has 0 spiro atoms. The lowest BCUT2D eigenvalue weighted by Crippen LogP contribution is -2.35. The lowest BCUT2D eigenvalue weighted by atomic mass is 9.77. The molecule has 1 nitrogen and oxygen atoms in total. The average Bonchev–Trinajstić information content (AvgIpc) is 2.34. The first-order chi connectivity index (χ1) is 8.58. The zero-order valence-electron chi connectivity index (χ0n) is 11.7. The quantitative estimate of drug-likeness (QED) is 0.785. The SMILES string of the molecule is Cc1ccc(Cl)cc1NC1CCCCC1C(C)C. The summed E-state index contributed by atoms with van der Waals surface area (Å²) in [7, 11) is 0. The third-order valence-corrected chi connectivity index (χ3v) is 4.45. The van der Waals surface area contributed by atoms with Crippen molar-refractivity contribution in [3.05, 3.63) is 28.8 Å². The van der Waals surface area contributed by atoms with E-state index in [1.807, 2.05) is 6.07 Å². The summed E-state index contributed by atoms with van der Waals surface area (Å²) in [6, 6.07) is 6.72. The number of aryl methyl sites for hydroxylation is 1. The summed E-state index contributed by atoms with van der Waals surface area (Å²) in [5.41, 5.74) is 2.49. The molecule has 0 bridgehead atoms. The van der Waals surface area contributed by atoms with Gasteiger partial charge in [-0.1, -0.05) is 44.4 Å². The molecule has 0 aromatic heterocycles. The predicted octanol–water partition coefficient (Wildman–Crippen LogP) is 5.28. The van der Waals surface area contributed by atoms with Gasteiger partial charge in [0.05, 0.1) is 0 Å². The van der Waals surface area contributed by atoms with Gasteiger partial charge in [-0.05, 0) is 49.3 Å². The Balaban J connectivity index is 2.13. The van der Waals surface area contributed by atoms with Gasteiger partial charge in [-0.2, -0.15) is 0 Å². The van der Waals surface area contributed by atoms with Crippen LogP contribution in [-0.2, 0) is 0 Å². The molecule has 1 aliphatic carbocycles. The summed E-state index contributed by atoms with van der Waals surface area (Å²) in [6.45, 7) is 6.83. The molecular weight excluding hydrogens is 242 g/mol. The number of benzene rings is 1. The topological polar surface area (TPSA) is 12.0 Å². The van der Waals surface area contributed by atoms with Crippen LogP contribution in [0.1, 0.15) is 45.1 Å². The molecule has 2 heteroatoms. The molecule has 18 heavy (non-hydrogen) atoms. The Hall–Kier alpha value is -0.690. The van der Waals surface area contributed by atoms with Gasteiger partial charge in [0.25, 0.3) is 0 Å². The normalized spacial score (nSPS) is 24.3. The smallest absolute Gasteiger partial charge is 0.0426 e. The van der Waals surface area contributed by atoms with Gasteiger partial charge in [-0.3, -0.25) is 0 Å². The fourth-order valence-corrected chi connectivity index (χ4v) is 3.26. The van der Waals surface area contributed by atoms with Gasteiger partial charge in [0, 0.05) is 16.8 Å². The molecule has 1 saturated carbocycles. The Morgan fingerprint density at radius 1 is 1.22 bits per heavy atom. The Kier molecular flexibility index (Phi) is 4.55. The van der Waals surface area contributed by atoms with Crippen molar-refractivity contribution in [1.82, 2.24) is 0 Å². The van der Waals surface area contributed by atoms with E-state index in [0.29, 0.717) is 6.04 Å². The molecule has 1 aromatic carbocycles. The number of hydrogen-bond acceptors (Lipinski definition) is 1. The van der Waals surface area contributed by atoms with Crippen LogP contribution in [0.2, 0.25) is 5.02 Å². The Bertz CT molecular complexity index is 400. The van der Waals surface area contributed by atoms with Crippen LogP contribution in [0.25, 0.3) is 0 Å². The second kappa shape index (κ2) is 5.97. The van der Waals surface area contributed by atoms with E-state index in [1.165, 1.54) is 36.9 Å². The summed E-state index contributed by atoms with van der Waals surface area (Å²) in [6.07, 6.45) is 5.37. The van der Waals surface area contributed by atoms with Crippen molar-refractivity contribution in [1.29, 1.82) is 0 Å². The summed E-state index contributed by atoms with van der Waals surface area (Å²) < 4.78 is 0. The molecule has 1 aromatic rings. The van der Waals surface area contributed by atoms with Gasteiger partial charge in [-0.25, -0.2) is 0 Å². The van der Waals surface area contributed by atoms with Crippen molar-refractivity contribution in [2.45, 2.75) is 52.5 Å². The lowest BCUT2D eigenvalue weighted by molar-refractivity contribution is 0.254. The highest BCUT2D eigenvalue weighted by atomic mass is 35.5. The maximum absolute atomic E-state index is 6.09. The first-order valence-corrected chi connectivity index (χ1v) is 7.48. The highest BCUT2D eigenvalue weighted by Crippen LogP contribution is 2.33. The van der Waals surface area contributed by atoms with Crippen LogP contribution >= 0.6 is 11.6 Å². The second-order valence-electron chi connectivity index (χ2n) is 5.90. The molecule has 2 unspecified atom stereocenters. The van der Waals surface area contributed by atoms with Crippen LogP contribution in [-0.4, -0.2) is 6.04 Å². The summed E-state index contributed by atoms with van der Waals surface area (Å²) in [4.78, 5) is 0. The molecule has 100 valence electrons. The van der Waals surface area contributed by atoms with Crippen molar-refractivity contribution in [3.8, 4) is 0 Å². The number of hydrogen-bond donors (Lipinski definition) is 1. The number of anilines is 1. The van der Waals surface area contributed by atoms with E-state index in [1.54, 1.807) is 0 Å². The van der Waals surface area contributed by atoms with Gasteiger partial charge in [0.2, 0.25) is 0 Å². The van der Waals surface area contributed by atoms with E-state index < -0.39 is 0 Å². The average molecular weight is 266 g/mol. The Labute approximate surface area is 116 Å². The molecule has 0 heterocycles. The number of halogens is 1. The molecule has 0 aliphatic heterocycles. The van der Waals surface area contributed by atoms with Crippen molar-refractivity contribution >= 4 is 17.3 Å². The van der Waals surface area contributed by atoms with Gasteiger partial charge in [0.1, 0.15) is 0 Å². The van der Waals surface area contributed by atoms with Crippen LogP contribution in [0.15, 0.2) is 18.2 Å². The minimum atomic E-state index is 0.607. The van der Waals surface area contributed by atoms with E-state index in [-0.39, 0.29) is 0 Å². The molecule has 0 amide bonds. The molecule has 2 atom stereocenters.